The number of aromatic nitrogens is 1. The van der Waals surface area contributed by atoms with E-state index in [0.29, 0.717) is 53.5 Å². The number of carbonyl (C=O) groups excluding carboxylic acids is 2. The highest BCUT2D eigenvalue weighted by molar-refractivity contribution is 5.77. The van der Waals surface area contributed by atoms with E-state index in [1.54, 1.807) is 25.1 Å². The van der Waals surface area contributed by atoms with Gasteiger partial charge in [-0.25, -0.2) is 15.6 Å². The molecular weight excluding hydrogens is 462 g/mol. The molecule has 3 fully saturated rings. The van der Waals surface area contributed by atoms with E-state index in [1.165, 1.54) is 11.4 Å². The predicted octanol–water partition coefficient (Wildman–Crippen LogP) is 2.66. The van der Waals surface area contributed by atoms with Crippen molar-refractivity contribution in [3.05, 3.63) is 29.2 Å². The van der Waals surface area contributed by atoms with Crippen molar-refractivity contribution in [1.82, 2.24) is 14.9 Å². The number of likely N-dealkylation sites (N-methyl/N-ethyl adjacent to an activating group) is 1. The van der Waals surface area contributed by atoms with Gasteiger partial charge in [-0.1, -0.05) is 6.42 Å². The molecule has 4 atom stereocenters. The second kappa shape index (κ2) is 10.9. The van der Waals surface area contributed by atoms with Gasteiger partial charge in [0.2, 0.25) is 0 Å². The Morgan fingerprint density at radius 3 is 2.50 bits per heavy atom. The highest BCUT2D eigenvalue weighted by Gasteiger charge is 2.63. The van der Waals surface area contributed by atoms with E-state index >= 15 is 0 Å². The quantitative estimate of drug-likeness (QED) is 0.282. The molecule has 10 heteroatoms. The van der Waals surface area contributed by atoms with Crippen LogP contribution in [0.5, 0.6) is 5.75 Å². The molecule has 0 bridgehead atoms. The number of fused-ring (bicyclic) bond motifs is 1. The molecular formula is C26H39N5O5. The summed E-state index contributed by atoms with van der Waals surface area (Å²) in [6.07, 6.45) is 4.99. The Balaban J connectivity index is 1.39. The maximum Gasteiger partial charge on any atom is 0.409 e. The van der Waals surface area contributed by atoms with E-state index in [2.05, 4.69) is 4.98 Å². The second-order valence-corrected chi connectivity index (χ2v) is 10.2. The van der Waals surface area contributed by atoms with Gasteiger partial charge in [0.05, 0.1) is 35.3 Å². The van der Waals surface area contributed by atoms with Gasteiger partial charge in [0.25, 0.3) is 0 Å². The van der Waals surface area contributed by atoms with Crippen molar-refractivity contribution in [2.24, 2.45) is 35.2 Å². The van der Waals surface area contributed by atoms with Crippen LogP contribution in [0.25, 0.3) is 5.70 Å². The van der Waals surface area contributed by atoms with Crippen LogP contribution in [-0.4, -0.2) is 66.9 Å². The van der Waals surface area contributed by atoms with E-state index in [0.717, 1.165) is 25.7 Å². The summed E-state index contributed by atoms with van der Waals surface area (Å²) in [6, 6.07) is 3.61. The van der Waals surface area contributed by atoms with Gasteiger partial charge in [0.1, 0.15) is 18.5 Å². The number of ether oxygens (including phenoxy) is 3. The number of hydrazine groups is 1. The normalized spacial score (nSPS) is 25.2. The minimum Gasteiger partial charge on any atom is -0.488 e. The lowest BCUT2D eigenvalue weighted by atomic mass is 9.85. The number of hydrogen-bond donors (Lipinski definition) is 2. The molecule has 4 unspecified atom stereocenters. The van der Waals surface area contributed by atoms with Gasteiger partial charge in [-0.05, 0) is 63.5 Å². The van der Waals surface area contributed by atoms with Crippen LogP contribution in [-0.2, 0) is 14.3 Å². The molecule has 0 aliphatic heterocycles. The number of esters is 1. The molecule has 4 rings (SSSR count). The fourth-order valence-electron chi connectivity index (χ4n) is 5.42. The molecule has 0 radical (unpaired) electrons. The number of amides is 1. The molecule has 10 nitrogen and oxygen atoms in total. The zero-order valence-corrected chi connectivity index (χ0v) is 21.7. The third kappa shape index (κ3) is 5.53. The number of nitrogens with zero attached hydrogens (tertiary/aromatic N) is 3. The average Bonchev–Trinajstić information content (AvgIpc) is 3.40. The fourth-order valence-corrected chi connectivity index (χ4v) is 5.42. The van der Waals surface area contributed by atoms with Crippen LogP contribution in [0.4, 0.5) is 4.79 Å². The van der Waals surface area contributed by atoms with Gasteiger partial charge in [0, 0.05) is 26.6 Å². The molecule has 1 aromatic heterocycles. The number of pyridine rings is 1. The molecule has 36 heavy (non-hydrogen) atoms. The first-order chi connectivity index (χ1) is 17.2. The Hall–Kier alpha value is -3.01. The Morgan fingerprint density at radius 2 is 1.89 bits per heavy atom. The van der Waals surface area contributed by atoms with Gasteiger partial charge < -0.3 is 29.9 Å². The third-order valence-electron chi connectivity index (χ3n) is 7.73. The van der Waals surface area contributed by atoms with Crippen molar-refractivity contribution in [1.29, 1.82) is 0 Å². The van der Waals surface area contributed by atoms with E-state index < -0.39 is 6.09 Å². The largest absolute Gasteiger partial charge is 0.488 e. The van der Waals surface area contributed by atoms with Crippen LogP contribution < -0.4 is 16.3 Å². The zero-order valence-electron chi connectivity index (χ0n) is 21.7. The van der Waals surface area contributed by atoms with Crippen molar-refractivity contribution in [2.75, 3.05) is 33.9 Å². The van der Waals surface area contributed by atoms with Crippen molar-refractivity contribution >= 4 is 17.8 Å². The molecule has 0 spiro atoms. The van der Waals surface area contributed by atoms with Crippen LogP contribution in [0.1, 0.15) is 50.4 Å². The number of carbonyl (C=O) groups is 2. The summed E-state index contributed by atoms with van der Waals surface area (Å²) in [5.74, 6) is 7.63. The van der Waals surface area contributed by atoms with Gasteiger partial charge in [-0.2, -0.15) is 0 Å². The maximum atomic E-state index is 12.4. The van der Waals surface area contributed by atoms with Gasteiger partial charge in [0.15, 0.2) is 0 Å². The minimum absolute atomic E-state index is 0.0225. The monoisotopic (exact) mass is 501 g/mol. The van der Waals surface area contributed by atoms with E-state index in [9.17, 15) is 9.59 Å². The summed E-state index contributed by atoms with van der Waals surface area (Å²) >= 11 is 0. The van der Waals surface area contributed by atoms with E-state index in [1.807, 2.05) is 19.9 Å². The first kappa shape index (κ1) is 26.1. The summed E-state index contributed by atoms with van der Waals surface area (Å²) in [4.78, 5) is 30.8. The first-order valence-electron chi connectivity index (χ1n) is 12.9. The van der Waals surface area contributed by atoms with Crippen LogP contribution in [0.15, 0.2) is 17.8 Å². The predicted molar refractivity (Wildman–Crippen MR) is 134 cm³/mol. The SMILES string of the molecule is CCOC(=O)C1C2CCC(Oc3ccc(/C(N)=C(\COC(=O)N(C)CC4CCC4)N(C)N)nc3C)C21. The van der Waals surface area contributed by atoms with E-state index in [4.69, 9.17) is 25.8 Å². The highest BCUT2D eigenvalue weighted by atomic mass is 16.6. The molecule has 3 aliphatic carbocycles. The van der Waals surface area contributed by atoms with Gasteiger partial charge >= 0.3 is 12.1 Å². The number of hydrogen-bond acceptors (Lipinski definition) is 9. The zero-order chi connectivity index (χ0) is 26.0. The lowest BCUT2D eigenvalue weighted by Crippen LogP contribution is -2.37. The summed E-state index contributed by atoms with van der Waals surface area (Å²) in [7, 11) is 3.39. The molecule has 0 aromatic carbocycles. The molecule has 1 heterocycles. The van der Waals surface area contributed by atoms with Crippen LogP contribution >= 0.6 is 0 Å². The van der Waals surface area contributed by atoms with Crippen molar-refractivity contribution < 1.29 is 23.8 Å². The van der Waals surface area contributed by atoms with Gasteiger partial charge in [-0.3, -0.25) is 4.79 Å². The Bertz CT molecular complexity index is 1010. The summed E-state index contributed by atoms with van der Waals surface area (Å²) in [5, 5.41) is 1.34. The lowest BCUT2D eigenvalue weighted by Gasteiger charge is -2.30. The van der Waals surface area contributed by atoms with Crippen LogP contribution in [0.3, 0.4) is 0 Å². The Morgan fingerprint density at radius 1 is 1.14 bits per heavy atom. The summed E-state index contributed by atoms with van der Waals surface area (Å²) in [5.41, 5.74) is 8.39. The fraction of sp³-hybridized carbons (Fsp3) is 0.654. The Kier molecular flexibility index (Phi) is 7.92. The number of nitrogens with two attached hydrogens (primary N) is 2. The second-order valence-electron chi connectivity index (χ2n) is 10.2. The molecule has 4 N–H and O–H groups in total. The first-order valence-corrected chi connectivity index (χ1v) is 12.9. The maximum absolute atomic E-state index is 12.4. The average molecular weight is 502 g/mol. The molecule has 3 aliphatic rings. The molecule has 1 amide bonds. The highest BCUT2D eigenvalue weighted by Crippen LogP contribution is 2.59. The summed E-state index contributed by atoms with van der Waals surface area (Å²) < 4.78 is 17.0. The summed E-state index contributed by atoms with van der Waals surface area (Å²) in [6.45, 7) is 4.71. The smallest absolute Gasteiger partial charge is 0.409 e. The lowest BCUT2D eigenvalue weighted by molar-refractivity contribution is -0.146. The molecule has 3 saturated carbocycles. The molecule has 198 valence electrons. The molecule has 0 saturated heterocycles. The van der Waals surface area contributed by atoms with E-state index in [-0.39, 0.29) is 30.5 Å². The number of aryl methyl sites for hydroxylation is 1. The topological polar surface area (TPSA) is 133 Å². The van der Waals surface area contributed by atoms with Crippen molar-refractivity contribution in [3.63, 3.8) is 0 Å². The molecule has 1 aromatic rings. The Labute approximate surface area is 212 Å². The van der Waals surface area contributed by atoms with Crippen molar-refractivity contribution in [3.8, 4) is 5.75 Å². The number of rotatable bonds is 10. The minimum atomic E-state index is -0.405. The third-order valence-corrected chi connectivity index (χ3v) is 7.73. The van der Waals surface area contributed by atoms with Crippen LogP contribution in [0.2, 0.25) is 0 Å². The van der Waals surface area contributed by atoms with Crippen LogP contribution in [0, 0.1) is 30.6 Å². The standard InChI is InChI=1S/C26H39N5O5/c1-5-34-25(32)23-17-9-11-21(22(17)23)36-20-12-10-18(29-15(20)2)24(27)19(31(4)28)14-35-26(33)30(3)13-16-7-6-8-16/h10,12,16-17,21-23H,5-9,11,13-14,27-28H2,1-4H3/b24-19-. The van der Waals surface area contributed by atoms with Gasteiger partial charge in [-0.15, -0.1) is 0 Å². The van der Waals surface area contributed by atoms with Crippen molar-refractivity contribution in [2.45, 2.75) is 52.1 Å².